The number of halogens is 5. The molecule has 1 aliphatic carbocycles. The molecular weight excluding hydrogens is 489 g/mol. The van der Waals surface area contributed by atoms with Crippen LogP contribution in [0.15, 0.2) is 60.7 Å². The summed E-state index contributed by atoms with van der Waals surface area (Å²) in [5.41, 5.74) is 1.80. The van der Waals surface area contributed by atoms with E-state index in [-0.39, 0.29) is 5.92 Å². The number of hydrogen-bond donors (Lipinski definition) is 0. The van der Waals surface area contributed by atoms with Crippen LogP contribution >= 0.6 is 0 Å². The zero-order valence-corrected chi connectivity index (χ0v) is 20.2. The summed E-state index contributed by atoms with van der Waals surface area (Å²) < 4.78 is 74.8. The second-order valence-electron chi connectivity index (χ2n) is 9.45. The minimum absolute atomic E-state index is 0.164. The molecule has 196 valence electrons. The SMILES string of the molecule is O=C(Oc1c(F)c(F)c(F)c(F)c1F)C(CC1CCCCC1)N(Cc1ccccc1)Cc1ccccc1. The first-order valence-corrected chi connectivity index (χ1v) is 12.4. The number of hydrogen-bond acceptors (Lipinski definition) is 3. The highest BCUT2D eigenvalue weighted by Crippen LogP contribution is 2.33. The summed E-state index contributed by atoms with van der Waals surface area (Å²) >= 11 is 0. The summed E-state index contributed by atoms with van der Waals surface area (Å²) in [6, 6.07) is 17.8. The second kappa shape index (κ2) is 12.3. The molecule has 0 N–H and O–H groups in total. The van der Waals surface area contributed by atoms with Crippen LogP contribution in [0.5, 0.6) is 5.75 Å². The van der Waals surface area contributed by atoms with Gasteiger partial charge in [-0.05, 0) is 23.5 Å². The van der Waals surface area contributed by atoms with E-state index in [2.05, 4.69) is 0 Å². The number of nitrogens with zero attached hydrogens (tertiary/aromatic N) is 1. The summed E-state index contributed by atoms with van der Waals surface area (Å²) in [5.74, 6) is -13.4. The van der Waals surface area contributed by atoms with E-state index in [1.165, 1.54) is 0 Å². The standard InChI is InChI=1S/C29H28F5NO2/c30-23-24(31)26(33)28(27(34)25(23)32)37-29(36)22(16-19-10-4-1-5-11-19)35(17-20-12-6-2-7-13-20)18-21-14-8-3-9-15-21/h2-3,6-9,12-15,19,22H,1,4-5,10-11,16-18H2. The summed E-state index contributed by atoms with van der Waals surface area (Å²) in [7, 11) is 0. The predicted molar refractivity (Wildman–Crippen MR) is 129 cm³/mol. The Kier molecular flexibility index (Phi) is 8.92. The van der Waals surface area contributed by atoms with Gasteiger partial charge in [-0.15, -0.1) is 0 Å². The first-order chi connectivity index (χ1) is 17.8. The molecule has 3 aromatic carbocycles. The van der Waals surface area contributed by atoms with Crippen molar-refractivity contribution in [2.75, 3.05) is 0 Å². The number of ether oxygens (including phenoxy) is 1. The number of benzene rings is 3. The summed E-state index contributed by atoms with van der Waals surface area (Å²) in [6.07, 6.45) is 5.21. The zero-order valence-electron chi connectivity index (χ0n) is 20.2. The average Bonchev–Trinajstić information content (AvgIpc) is 2.93. The Bertz CT molecular complexity index is 1130. The quantitative estimate of drug-likeness (QED) is 0.0979. The fraction of sp³-hybridized carbons (Fsp3) is 0.345. The lowest BCUT2D eigenvalue weighted by atomic mass is 9.84. The van der Waals surface area contributed by atoms with Crippen LogP contribution in [0.2, 0.25) is 0 Å². The molecule has 1 saturated carbocycles. The molecule has 0 bridgehead atoms. The lowest BCUT2D eigenvalue weighted by Crippen LogP contribution is -2.44. The van der Waals surface area contributed by atoms with E-state index in [9.17, 15) is 26.7 Å². The monoisotopic (exact) mass is 517 g/mol. The number of carbonyl (C=O) groups is 1. The molecule has 1 unspecified atom stereocenters. The molecule has 0 aromatic heterocycles. The molecule has 1 atom stereocenters. The van der Waals surface area contributed by atoms with Gasteiger partial charge >= 0.3 is 5.97 Å². The van der Waals surface area contributed by atoms with Crippen LogP contribution in [-0.2, 0) is 17.9 Å². The third-order valence-corrected chi connectivity index (χ3v) is 6.82. The minimum Gasteiger partial charge on any atom is -0.419 e. The van der Waals surface area contributed by atoms with Crippen molar-refractivity contribution in [2.45, 2.75) is 57.7 Å². The summed E-state index contributed by atoms with van der Waals surface area (Å²) in [5, 5.41) is 0. The normalized spacial score (nSPS) is 15.1. The van der Waals surface area contributed by atoms with Gasteiger partial charge in [-0.3, -0.25) is 4.90 Å². The molecule has 1 fully saturated rings. The van der Waals surface area contributed by atoms with Crippen LogP contribution < -0.4 is 4.74 Å². The second-order valence-corrected chi connectivity index (χ2v) is 9.45. The van der Waals surface area contributed by atoms with Crippen LogP contribution in [0, 0.1) is 35.0 Å². The van der Waals surface area contributed by atoms with Gasteiger partial charge in [0.2, 0.25) is 34.8 Å². The molecule has 0 saturated heterocycles. The Hall–Kier alpha value is -3.26. The molecule has 4 rings (SSSR count). The maximum Gasteiger partial charge on any atom is 0.328 e. The van der Waals surface area contributed by atoms with Crippen molar-refractivity contribution in [2.24, 2.45) is 5.92 Å². The minimum atomic E-state index is -2.30. The van der Waals surface area contributed by atoms with Gasteiger partial charge in [-0.1, -0.05) is 92.8 Å². The lowest BCUT2D eigenvalue weighted by molar-refractivity contribution is -0.142. The summed E-state index contributed by atoms with van der Waals surface area (Å²) in [6.45, 7) is 0.638. The first-order valence-electron chi connectivity index (χ1n) is 12.4. The van der Waals surface area contributed by atoms with Crippen molar-refractivity contribution in [1.82, 2.24) is 4.90 Å². The molecule has 0 radical (unpaired) electrons. The topological polar surface area (TPSA) is 29.5 Å². The molecule has 3 aromatic rings. The van der Waals surface area contributed by atoms with Crippen molar-refractivity contribution in [3.63, 3.8) is 0 Å². The Morgan fingerprint density at radius 1 is 0.730 bits per heavy atom. The highest BCUT2D eigenvalue weighted by molar-refractivity contribution is 5.78. The molecule has 0 heterocycles. The molecule has 1 aliphatic rings. The zero-order chi connectivity index (χ0) is 26.4. The number of rotatable bonds is 9. The van der Waals surface area contributed by atoms with Gasteiger partial charge in [0.15, 0.2) is 0 Å². The van der Waals surface area contributed by atoms with Gasteiger partial charge in [0.25, 0.3) is 0 Å². The van der Waals surface area contributed by atoms with Crippen LogP contribution in [0.25, 0.3) is 0 Å². The highest BCUT2D eigenvalue weighted by atomic mass is 19.2. The van der Waals surface area contributed by atoms with Crippen LogP contribution in [-0.4, -0.2) is 16.9 Å². The number of esters is 1. The molecule has 37 heavy (non-hydrogen) atoms. The van der Waals surface area contributed by atoms with Crippen LogP contribution in [0.1, 0.15) is 49.7 Å². The van der Waals surface area contributed by atoms with E-state index in [0.717, 1.165) is 43.2 Å². The van der Waals surface area contributed by atoms with Crippen molar-refractivity contribution >= 4 is 5.97 Å². The van der Waals surface area contributed by atoms with Gasteiger partial charge in [-0.25, -0.2) is 18.0 Å². The average molecular weight is 518 g/mol. The van der Waals surface area contributed by atoms with Crippen molar-refractivity contribution in [1.29, 1.82) is 0 Å². The molecule has 0 spiro atoms. The van der Waals surface area contributed by atoms with E-state index in [0.29, 0.717) is 19.5 Å². The Labute approximate surface area is 212 Å². The fourth-order valence-electron chi connectivity index (χ4n) is 4.89. The van der Waals surface area contributed by atoms with Gasteiger partial charge in [-0.2, -0.15) is 8.78 Å². The Balaban J connectivity index is 1.69. The van der Waals surface area contributed by atoms with Gasteiger partial charge in [0.1, 0.15) is 6.04 Å². The van der Waals surface area contributed by atoms with E-state index >= 15 is 0 Å². The smallest absolute Gasteiger partial charge is 0.328 e. The highest BCUT2D eigenvalue weighted by Gasteiger charge is 2.35. The maximum absolute atomic E-state index is 14.4. The predicted octanol–water partition coefficient (Wildman–Crippen LogP) is 7.33. The van der Waals surface area contributed by atoms with E-state index in [1.54, 1.807) is 0 Å². The van der Waals surface area contributed by atoms with Crippen molar-refractivity contribution in [3.05, 3.63) is 101 Å². The van der Waals surface area contributed by atoms with Crippen LogP contribution in [0.4, 0.5) is 22.0 Å². The first kappa shape index (κ1) is 26.8. The van der Waals surface area contributed by atoms with Gasteiger partial charge in [0.05, 0.1) is 0 Å². The van der Waals surface area contributed by atoms with E-state index < -0.39 is 46.8 Å². The third kappa shape index (κ3) is 6.55. The summed E-state index contributed by atoms with van der Waals surface area (Å²) in [4.78, 5) is 15.3. The molecule has 3 nitrogen and oxygen atoms in total. The van der Waals surface area contributed by atoms with Crippen LogP contribution in [0.3, 0.4) is 0 Å². The van der Waals surface area contributed by atoms with Crippen molar-refractivity contribution < 1.29 is 31.5 Å². The van der Waals surface area contributed by atoms with Gasteiger partial charge in [0, 0.05) is 13.1 Å². The van der Waals surface area contributed by atoms with E-state index in [1.807, 2.05) is 65.6 Å². The maximum atomic E-state index is 14.4. The Morgan fingerprint density at radius 2 is 1.19 bits per heavy atom. The Morgan fingerprint density at radius 3 is 1.68 bits per heavy atom. The fourth-order valence-corrected chi connectivity index (χ4v) is 4.89. The van der Waals surface area contributed by atoms with Crippen molar-refractivity contribution in [3.8, 4) is 5.75 Å². The molecular formula is C29H28F5NO2. The molecule has 8 heteroatoms. The largest absolute Gasteiger partial charge is 0.419 e. The van der Waals surface area contributed by atoms with E-state index in [4.69, 9.17) is 4.74 Å². The molecule has 0 aliphatic heterocycles. The number of carbonyl (C=O) groups excluding carboxylic acids is 1. The van der Waals surface area contributed by atoms with Gasteiger partial charge < -0.3 is 4.74 Å². The third-order valence-electron chi connectivity index (χ3n) is 6.82. The lowest BCUT2D eigenvalue weighted by Gasteiger charge is -2.34. The molecule has 0 amide bonds.